The molecule has 1 aromatic carbocycles. The summed E-state index contributed by atoms with van der Waals surface area (Å²) >= 11 is 0. The molecule has 0 spiro atoms. The highest BCUT2D eigenvalue weighted by molar-refractivity contribution is 7.90. The minimum absolute atomic E-state index is 0.175. The molecule has 6 nitrogen and oxygen atoms in total. The summed E-state index contributed by atoms with van der Waals surface area (Å²) in [6.07, 6.45) is 0. The molecule has 1 aromatic rings. The summed E-state index contributed by atoms with van der Waals surface area (Å²) in [5.41, 5.74) is 0.987. The lowest BCUT2D eigenvalue weighted by molar-refractivity contribution is 0.603. The van der Waals surface area contributed by atoms with Crippen LogP contribution in [0.15, 0.2) is 18.2 Å². The van der Waals surface area contributed by atoms with Crippen molar-refractivity contribution in [1.29, 1.82) is 5.26 Å². The van der Waals surface area contributed by atoms with Crippen LogP contribution < -0.4 is 15.2 Å². The van der Waals surface area contributed by atoms with Gasteiger partial charge in [0.25, 0.3) is 10.2 Å². The molecule has 18 heavy (non-hydrogen) atoms. The fraction of sp³-hybridized carbons (Fsp3) is 0.364. The summed E-state index contributed by atoms with van der Waals surface area (Å²) in [5.74, 6) is 0.409. The lowest BCUT2D eigenvalue weighted by atomic mass is 10.1. The minimum atomic E-state index is -3.89. The van der Waals surface area contributed by atoms with Crippen LogP contribution in [0.5, 0.6) is 0 Å². The molecule has 98 valence electrons. The van der Waals surface area contributed by atoms with Crippen molar-refractivity contribution < 1.29 is 8.42 Å². The van der Waals surface area contributed by atoms with Gasteiger partial charge in [0.2, 0.25) is 0 Å². The zero-order valence-electron chi connectivity index (χ0n) is 10.3. The van der Waals surface area contributed by atoms with Gasteiger partial charge < -0.3 is 5.32 Å². The van der Waals surface area contributed by atoms with Crippen LogP contribution >= 0.6 is 0 Å². The van der Waals surface area contributed by atoms with Gasteiger partial charge in [-0.05, 0) is 18.1 Å². The largest absolute Gasteiger partial charge is 0.384 e. The van der Waals surface area contributed by atoms with Crippen molar-refractivity contribution in [2.45, 2.75) is 13.8 Å². The van der Waals surface area contributed by atoms with Crippen molar-refractivity contribution in [1.82, 2.24) is 0 Å². The number of anilines is 2. The summed E-state index contributed by atoms with van der Waals surface area (Å²) in [4.78, 5) is 0. The van der Waals surface area contributed by atoms with E-state index in [1.807, 2.05) is 19.9 Å². The number of nitrogens with one attached hydrogen (secondary N) is 2. The lowest BCUT2D eigenvalue weighted by Gasteiger charge is -2.13. The first-order chi connectivity index (χ1) is 8.33. The normalized spacial score (nSPS) is 11.1. The van der Waals surface area contributed by atoms with Crippen molar-refractivity contribution in [2.24, 2.45) is 11.1 Å². The van der Waals surface area contributed by atoms with Gasteiger partial charge in [-0.2, -0.15) is 13.7 Å². The summed E-state index contributed by atoms with van der Waals surface area (Å²) in [6.45, 7) is 4.75. The number of rotatable bonds is 5. The Morgan fingerprint density at radius 2 is 2.00 bits per heavy atom. The van der Waals surface area contributed by atoms with Gasteiger partial charge in [-0.3, -0.25) is 4.72 Å². The van der Waals surface area contributed by atoms with Crippen molar-refractivity contribution in [3.63, 3.8) is 0 Å². The number of nitriles is 1. The van der Waals surface area contributed by atoms with E-state index in [1.165, 1.54) is 6.07 Å². The monoisotopic (exact) mass is 268 g/mol. The maximum absolute atomic E-state index is 11.0. The molecule has 0 heterocycles. The smallest absolute Gasteiger partial charge is 0.296 e. The first-order valence-corrected chi connectivity index (χ1v) is 6.95. The van der Waals surface area contributed by atoms with Crippen molar-refractivity contribution >= 4 is 21.6 Å². The van der Waals surface area contributed by atoms with Crippen LogP contribution in [0.3, 0.4) is 0 Å². The second kappa shape index (κ2) is 5.71. The van der Waals surface area contributed by atoms with Crippen molar-refractivity contribution in [3.05, 3.63) is 23.8 Å². The Morgan fingerprint density at radius 1 is 1.39 bits per heavy atom. The Hall–Kier alpha value is -1.78. The molecular formula is C11H16N4O2S. The molecule has 0 unspecified atom stereocenters. The average Bonchev–Trinajstić information content (AvgIpc) is 2.24. The molecule has 0 atom stereocenters. The van der Waals surface area contributed by atoms with Crippen molar-refractivity contribution in [3.8, 4) is 6.07 Å². The highest BCUT2D eigenvalue weighted by Gasteiger charge is 2.11. The van der Waals surface area contributed by atoms with Crippen LogP contribution in [0.1, 0.15) is 19.4 Å². The second-order valence-corrected chi connectivity index (χ2v) is 5.56. The summed E-state index contributed by atoms with van der Waals surface area (Å²) in [7, 11) is -3.89. The Kier molecular flexibility index (Phi) is 4.53. The van der Waals surface area contributed by atoms with Gasteiger partial charge in [-0.15, -0.1) is 0 Å². The van der Waals surface area contributed by atoms with Gasteiger partial charge >= 0.3 is 0 Å². The van der Waals surface area contributed by atoms with E-state index in [-0.39, 0.29) is 11.3 Å². The van der Waals surface area contributed by atoms with E-state index in [2.05, 4.69) is 10.0 Å². The summed E-state index contributed by atoms with van der Waals surface area (Å²) < 4.78 is 24.1. The molecule has 0 aliphatic rings. The lowest BCUT2D eigenvalue weighted by Crippen LogP contribution is -2.22. The van der Waals surface area contributed by atoms with Crippen LogP contribution in [-0.4, -0.2) is 15.0 Å². The molecule has 0 aromatic heterocycles. The number of nitrogens with two attached hydrogens (primary N) is 1. The van der Waals surface area contributed by atoms with E-state index >= 15 is 0 Å². The number of hydrogen-bond donors (Lipinski definition) is 3. The van der Waals surface area contributed by atoms with Gasteiger partial charge in [0, 0.05) is 6.54 Å². The topological polar surface area (TPSA) is 108 Å². The fourth-order valence-electron chi connectivity index (χ4n) is 1.37. The standard InChI is InChI=1S/C11H16N4O2S/c1-8(2)7-14-10-4-3-5-11(9(10)6-12)15-18(13,16)17/h3-5,8,14-15H,7H2,1-2H3,(H2,13,16,17). The maximum Gasteiger partial charge on any atom is 0.296 e. The summed E-state index contributed by atoms with van der Waals surface area (Å²) in [6, 6.07) is 6.82. The molecule has 4 N–H and O–H groups in total. The van der Waals surface area contributed by atoms with E-state index in [9.17, 15) is 8.42 Å². The number of hydrogen-bond acceptors (Lipinski definition) is 4. The van der Waals surface area contributed by atoms with Crippen LogP contribution in [-0.2, 0) is 10.2 Å². The Balaban J connectivity index is 3.07. The second-order valence-electron chi connectivity index (χ2n) is 4.26. The highest BCUT2D eigenvalue weighted by Crippen LogP contribution is 2.24. The van der Waals surface area contributed by atoms with Crippen LogP contribution in [0.4, 0.5) is 11.4 Å². The predicted molar refractivity (Wildman–Crippen MR) is 71.2 cm³/mol. The molecular weight excluding hydrogens is 252 g/mol. The fourth-order valence-corrected chi connectivity index (χ4v) is 1.85. The molecule has 1 rings (SSSR count). The van der Waals surface area contributed by atoms with Crippen LogP contribution in [0.2, 0.25) is 0 Å². The first-order valence-electron chi connectivity index (χ1n) is 5.41. The van der Waals surface area contributed by atoms with Crippen molar-refractivity contribution in [2.75, 3.05) is 16.6 Å². The quantitative estimate of drug-likeness (QED) is 0.746. The molecule has 0 saturated carbocycles. The third-order valence-corrected chi connectivity index (χ3v) is 2.63. The van der Waals surface area contributed by atoms with E-state index in [0.717, 1.165) is 0 Å². The van der Waals surface area contributed by atoms with Gasteiger partial charge in [-0.25, -0.2) is 5.14 Å². The average molecular weight is 268 g/mol. The molecule has 0 radical (unpaired) electrons. The molecule has 0 aliphatic heterocycles. The van der Waals surface area contributed by atoms with Gasteiger partial charge in [-0.1, -0.05) is 19.9 Å². The Labute approximate surface area is 107 Å². The van der Waals surface area contributed by atoms with Gasteiger partial charge in [0.05, 0.1) is 16.9 Å². The van der Waals surface area contributed by atoms with E-state index in [1.54, 1.807) is 12.1 Å². The molecule has 0 saturated heterocycles. The van der Waals surface area contributed by atoms with E-state index in [4.69, 9.17) is 10.4 Å². The number of benzene rings is 1. The zero-order chi connectivity index (χ0) is 13.8. The Bertz CT molecular complexity index is 561. The van der Waals surface area contributed by atoms with Crippen LogP contribution in [0, 0.1) is 17.2 Å². The summed E-state index contributed by atoms with van der Waals surface area (Å²) in [5, 5.41) is 17.1. The van der Waals surface area contributed by atoms with E-state index in [0.29, 0.717) is 18.2 Å². The Morgan fingerprint density at radius 3 is 2.50 bits per heavy atom. The molecule has 7 heteroatoms. The van der Waals surface area contributed by atoms with E-state index < -0.39 is 10.2 Å². The van der Waals surface area contributed by atoms with Gasteiger partial charge in [0.1, 0.15) is 6.07 Å². The number of nitrogens with zero attached hydrogens (tertiary/aromatic N) is 1. The third-order valence-electron chi connectivity index (χ3n) is 2.13. The maximum atomic E-state index is 11.0. The highest BCUT2D eigenvalue weighted by atomic mass is 32.2. The minimum Gasteiger partial charge on any atom is -0.384 e. The molecule has 0 amide bonds. The molecule has 0 bridgehead atoms. The predicted octanol–water partition coefficient (Wildman–Crippen LogP) is 1.24. The molecule has 0 aliphatic carbocycles. The third kappa shape index (κ3) is 4.24. The first kappa shape index (κ1) is 14.3. The molecule has 0 fully saturated rings. The SMILES string of the molecule is CC(C)CNc1cccc(NS(N)(=O)=O)c1C#N. The zero-order valence-corrected chi connectivity index (χ0v) is 11.1. The van der Waals surface area contributed by atoms with Crippen LogP contribution in [0.25, 0.3) is 0 Å². The van der Waals surface area contributed by atoms with Gasteiger partial charge in [0.15, 0.2) is 0 Å².